The molecular weight excluding hydrogens is 347 g/mol. The summed E-state index contributed by atoms with van der Waals surface area (Å²) in [7, 11) is 0. The molecule has 0 N–H and O–H groups in total. The molecule has 0 atom stereocenters. The van der Waals surface area contributed by atoms with Crippen molar-refractivity contribution in [2.75, 3.05) is 0 Å². The molecule has 0 saturated carbocycles. The Labute approximate surface area is 128 Å². The Hall–Kier alpha value is 1.64. The van der Waals surface area contributed by atoms with Crippen LogP contribution in [0.2, 0.25) is 0 Å². The first-order valence-electron chi connectivity index (χ1n) is 2.13. The van der Waals surface area contributed by atoms with Crippen LogP contribution in [-0.2, 0) is 19.5 Å². The van der Waals surface area contributed by atoms with Crippen LogP contribution in [0.25, 0.3) is 0 Å². The number of halogens is 5. The number of hydrogen-bond acceptors (Lipinski definition) is 1. The molecule has 13 heavy (non-hydrogen) atoms. The zero-order chi connectivity index (χ0) is 5.11. The third-order valence-electron chi connectivity index (χ3n) is 0.756. The van der Waals surface area contributed by atoms with Gasteiger partial charge in [0.25, 0.3) is 0 Å². The molecule has 0 amide bonds. The molecule has 0 nitrogen and oxygen atoms in total. The SMILES string of the molecule is Cl.Cl.Cl.Cl.Cl.Sc1ccccc1.[Zn]. The van der Waals surface area contributed by atoms with Crippen molar-refractivity contribution in [2.45, 2.75) is 4.90 Å². The normalized spacial score (nSPS) is 4.69. The van der Waals surface area contributed by atoms with Crippen molar-refractivity contribution in [3.63, 3.8) is 0 Å². The second-order valence-corrected chi connectivity index (χ2v) is 1.85. The van der Waals surface area contributed by atoms with Crippen LogP contribution in [0.4, 0.5) is 0 Å². The third-order valence-corrected chi connectivity index (χ3v) is 1.05. The predicted octanol–water partition coefficient (Wildman–Crippen LogP) is 4.08. The van der Waals surface area contributed by atoms with E-state index in [0.29, 0.717) is 0 Å². The van der Waals surface area contributed by atoms with Crippen molar-refractivity contribution in [3.05, 3.63) is 30.3 Å². The molecule has 0 aromatic heterocycles. The zero-order valence-corrected chi connectivity index (χ0v) is 14.5. The van der Waals surface area contributed by atoms with Crippen LogP contribution in [0.1, 0.15) is 0 Å². The summed E-state index contributed by atoms with van der Waals surface area (Å²) in [4.78, 5) is 1.02. The average molecular weight is 358 g/mol. The molecule has 0 fully saturated rings. The third kappa shape index (κ3) is 19.9. The van der Waals surface area contributed by atoms with Crippen molar-refractivity contribution >= 4 is 74.7 Å². The van der Waals surface area contributed by atoms with Crippen LogP contribution in [0.15, 0.2) is 35.2 Å². The summed E-state index contributed by atoms with van der Waals surface area (Å²) in [5, 5.41) is 0. The maximum absolute atomic E-state index is 4.08. The van der Waals surface area contributed by atoms with Gasteiger partial charge < -0.3 is 0 Å². The summed E-state index contributed by atoms with van der Waals surface area (Å²) < 4.78 is 0. The Morgan fingerprint density at radius 1 is 0.692 bits per heavy atom. The molecule has 0 bridgehead atoms. The summed E-state index contributed by atoms with van der Waals surface area (Å²) in [6.45, 7) is 0. The van der Waals surface area contributed by atoms with Crippen LogP contribution in [0.3, 0.4) is 0 Å². The topological polar surface area (TPSA) is 0 Å². The molecule has 7 heteroatoms. The first-order chi connectivity index (χ1) is 3.39. The predicted molar refractivity (Wildman–Crippen MR) is 69.9 cm³/mol. The Morgan fingerprint density at radius 3 is 1.15 bits per heavy atom. The summed E-state index contributed by atoms with van der Waals surface area (Å²) in [5.41, 5.74) is 0. The first-order valence-corrected chi connectivity index (χ1v) is 2.58. The van der Waals surface area contributed by atoms with Gasteiger partial charge in [-0.05, 0) is 12.1 Å². The summed E-state index contributed by atoms with van der Waals surface area (Å²) in [6.07, 6.45) is 0. The summed E-state index contributed by atoms with van der Waals surface area (Å²) in [6, 6.07) is 9.79. The van der Waals surface area contributed by atoms with Crippen LogP contribution < -0.4 is 0 Å². The molecule has 0 spiro atoms. The van der Waals surface area contributed by atoms with Crippen LogP contribution in [0, 0.1) is 0 Å². The fraction of sp³-hybridized carbons (Fsp3) is 0. The zero-order valence-electron chi connectivity index (χ0n) is 6.58. The molecule has 0 aliphatic rings. The van der Waals surface area contributed by atoms with E-state index in [-0.39, 0.29) is 81.5 Å². The maximum atomic E-state index is 4.08. The van der Waals surface area contributed by atoms with Gasteiger partial charge in [-0.3, -0.25) is 0 Å². The standard InChI is InChI=1S/C6H6S.5ClH.Zn/c7-6-4-2-1-3-5-6;;;;;;/h1-5,7H;5*1H;. The number of rotatable bonds is 0. The van der Waals surface area contributed by atoms with E-state index in [4.69, 9.17) is 0 Å². The molecule has 1 aromatic rings. The Bertz CT molecular complexity index is 151. The average Bonchev–Trinajstić information content (AvgIpc) is 1.69. The van der Waals surface area contributed by atoms with Gasteiger partial charge in [0.1, 0.15) is 0 Å². The smallest absolute Gasteiger partial charge is 0.00399 e. The number of thiol groups is 1. The van der Waals surface area contributed by atoms with E-state index < -0.39 is 0 Å². The van der Waals surface area contributed by atoms with E-state index in [2.05, 4.69) is 12.6 Å². The van der Waals surface area contributed by atoms with Crippen LogP contribution >= 0.6 is 74.7 Å². The molecule has 0 unspecified atom stereocenters. The fourth-order valence-corrected chi connectivity index (χ4v) is 0.600. The van der Waals surface area contributed by atoms with E-state index in [1.165, 1.54) is 0 Å². The molecule has 0 aliphatic heterocycles. The van der Waals surface area contributed by atoms with E-state index >= 15 is 0 Å². The quantitative estimate of drug-likeness (QED) is 0.525. The Balaban J connectivity index is -0.0000000204. The minimum atomic E-state index is 0. The number of hydrogen-bond donors (Lipinski definition) is 1. The second-order valence-electron chi connectivity index (χ2n) is 1.34. The van der Waals surface area contributed by atoms with Crippen LogP contribution in [0.5, 0.6) is 0 Å². The van der Waals surface area contributed by atoms with Gasteiger partial charge in [-0.2, -0.15) is 0 Å². The molecule has 1 rings (SSSR count). The van der Waals surface area contributed by atoms with Gasteiger partial charge in [-0.25, -0.2) is 0 Å². The number of benzene rings is 1. The Kier molecular flexibility index (Phi) is 65.8. The molecule has 1 aromatic carbocycles. The van der Waals surface area contributed by atoms with Crippen LogP contribution in [-0.4, -0.2) is 0 Å². The first kappa shape index (κ1) is 36.5. The van der Waals surface area contributed by atoms with Crippen molar-refractivity contribution in [1.82, 2.24) is 0 Å². The van der Waals surface area contributed by atoms with E-state index in [0.717, 1.165) is 4.90 Å². The van der Waals surface area contributed by atoms with Crippen molar-refractivity contribution in [2.24, 2.45) is 0 Å². The van der Waals surface area contributed by atoms with Gasteiger partial charge in [0.05, 0.1) is 0 Å². The van der Waals surface area contributed by atoms with Gasteiger partial charge in [0.2, 0.25) is 0 Å². The summed E-state index contributed by atoms with van der Waals surface area (Å²) >= 11 is 4.08. The van der Waals surface area contributed by atoms with E-state index in [1.807, 2.05) is 30.3 Å². The van der Waals surface area contributed by atoms with Gasteiger partial charge in [0.15, 0.2) is 0 Å². The largest absolute Gasteiger partial charge is 0.147 e. The minimum absolute atomic E-state index is 0. The molecule has 0 radical (unpaired) electrons. The molecular formula is C6H11Cl5SZn. The van der Waals surface area contributed by atoms with Crippen molar-refractivity contribution < 1.29 is 19.5 Å². The van der Waals surface area contributed by atoms with Gasteiger partial charge in [-0.15, -0.1) is 74.7 Å². The van der Waals surface area contributed by atoms with Gasteiger partial charge in [0, 0.05) is 24.4 Å². The molecule has 78 valence electrons. The molecule has 0 aliphatic carbocycles. The van der Waals surface area contributed by atoms with Gasteiger partial charge >= 0.3 is 0 Å². The fourth-order valence-electron chi connectivity index (χ4n) is 0.428. The maximum Gasteiger partial charge on any atom is 0.00399 e. The monoisotopic (exact) mass is 354 g/mol. The van der Waals surface area contributed by atoms with Gasteiger partial charge in [-0.1, -0.05) is 18.2 Å². The Morgan fingerprint density at radius 2 is 1.00 bits per heavy atom. The summed E-state index contributed by atoms with van der Waals surface area (Å²) in [5.74, 6) is 0. The minimum Gasteiger partial charge on any atom is -0.147 e. The van der Waals surface area contributed by atoms with E-state index in [1.54, 1.807) is 0 Å². The van der Waals surface area contributed by atoms with Crippen molar-refractivity contribution in [1.29, 1.82) is 0 Å². The van der Waals surface area contributed by atoms with Crippen molar-refractivity contribution in [3.8, 4) is 0 Å². The van der Waals surface area contributed by atoms with E-state index in [9.17, 15) is 0 Å². The molecule has 0 saturated heterocycles. The second kappa shape index (κ2) is 23.5. The molecule has 0 heterocycles.